The lowest BCUT2D eigenvalue weighted by Crippen LogP contribution is -2.11. The van der Waals surface area contributed by atoms with Crippen molar-refractivity contribution >= 4 is 11.7 Å². The van der Waals surface area contributed by atoms with E-state index in [1.165, 1.54) is 13.2 Å². The second kappa shape index (κ2) is 4.63. The van der Waals surface area contributed by atoms with Gasteiger partial charge >= 0.3 is 5.97 Å². The zero-order valence-electron chi connectivity index (χ0n) is 8.54. The maximum absolute atomic E-state index is 13.3. The van der Waals surface area contributed by atoms with Crippen LogP contribution in [0.3, 0.4) is 0 Å². The highest BCUT2D eigenvalue weighted by Gasteiger charge is 2.19. The molecule has 0 heterocycles. The number of benzene rings is 1. The van der Waals surface area contributed by atoms with Gasteiger partial charge in [-0.15, -0.1) is 0 Å². The van der Waals surface area contributed by atoms with Gasteiger partial charge in [0.1, 0.15) is 17.1 Å². The molecule has 0 bridgehead atoms. The third-order valence-electron chi connectivity index (χ3n) is 1.85. The van der Waals surface area contributed by atoms with E-state index in [0.29, 0.717) is 0 Å². The minimum absolute atomic E-state index is 0.0454. The van der Waals surface area contributed by atoms with Gasteiger partial charge in [-0.25, -0.2) is 9.18 Å². The maximum atomic E-state index is 13.3. The minimum atomic E-state index is -0.786. The number of ether oxygens (including phenoxy) is 2. The van der Waals surface area contributed by atoms with Crippen LogP contribution in [0.25, 0.3) is 0 Å². The summed E-state index contributed by atoms with van der Waals surface area (Å²) in [6.45, 7) is 1.79. The van der Waals surface area contributed by atoms with E-state index in [1.807, 2.05) is 0 Å². The van der Waals surface area contributed by atoms with Crippen molar-refractivity contribution < 1.29 is 18.7 Å². The summed E-state index contributed by atoms with van der Waals surface area (Å²) in [4.78, 5) is 11.4. The Bertz CT molecular complexity index is 379. The number of hydrogen-bond donors (Lipinski definition) is 1. The van der Waals surface area contributed by atoms with Gasteiger partial charge in [0, 0.05) is 0 Å². The van der Waals surface area contributed by atoms with Crippen LogP contribution in [-0.4, -0.2) is 19.7 Å². The lowest BCUT2D eigenvalue weighted by Gasteiger charge is -2.09. The molecule has 0 unspecified atom stereocenters. The van der Waals surface area contributed by atoms with Crippen molar-refractivity contribution in [1.29, 1.82) is 0 Å². The molecule has 0 atom stereocenters. The highest BCUT2D eigenvalue weighted by atomic mass is 19.1. The zero-order valence-corrected chi connectivity index (χ0v) is 8.54. The Hall–Kier alpha value is -1.78. The fraction of sp³-hybridized carbons (Fsp3) is 0.300. The standard InChI is InChI=1S/C10H12FNO3/c1-3-15-10(13)8-6(11)4-5-7(14-2)9(8)12/h4-5H,3,12H2,1-2H3. The van der Waals surface area contributed by atoms with Crippen LogP contribution in [0.1, 0.15) is 17.3 Å². The van der Waals surface area contributed by atoms with Crippen molar-refractivity contribution in [3.05, 3.63) is 23.5 Å². The molecular weight excluding hydrogens is 201 g/mol. The smallest absolute Gasteiger partial charge is 0.343 e. The van der Waals surface area contributed by atoms with Gasteiger partial charge in [0.05, 0.1) is 19.4 Å². The molecule has 1 rings (SSSR count). The second-order valence-electron chi connectivity index (χ2n) is 2.76. The molecule has 0 fully saturated rings. The summed E-state index contributed by atoms with van der Waals surface area (Å²) in [6.07, 6.45) is 0. The lowest BCUT2D eigenvalue weighted by atomic mass is 10.1. The molecule has 5 heteroatoms. The van der Waals surface area contributed by atoms with Crippen LogP contribution < -0.4 is 10.5 Å². The Morgan fingerprint density at radius 3 is 2.73 bits per heavy atom. The average Bonchev–Trinajstić information content (AvgIpc) is 2.18. The Balaban J connectivity index is 3.20. The Morgan fingerprint density at radius 1 is 1.53 bits per heavy atom. The molecule has 0 aliphatic rings. The fourth-order valence-electron chi connectivity index (χ4n) is 1.16. The predicted molar refractivity (Wildman–Crippen MR) is 53.3 cm³/mol. The van der Waals surface area contributed by atoms with E-state index in [-0.39, 0.29) is 23.6 Å². The van der Waals surface area contributed by atoms with Gasteiger partial charge in [0.2, 0.25) is 0 Å². The molecule has 4 nitrogen and oxygen atoms in total. The number of rotatable bonds is 3. The van der Waals surface area contributed by atoms with Crippen LogP contribution in [0.2, 0.25) is 0 Å². The van der Waals surface area contributed by atoms with Gasteiger partial charge in [-0.05, 0) is 19.1 Å². The largest absolute Gasteiger partial charge is 0.495 e. The molecule has 82 valence electrons. The van der Waals surface area contributed by atoms with Crippen molar-refractivity contribution in [2.45, 2.75) is 6.92 Å². The van der Waals surface area contributed by atoms with Gasteiger partial charge in [0.15, 0.2) is 0 Å². The molecule has 15 heavy (non-hydrogen) atoms. The van der Waals surface area contributed by atoms with Crippen LogP contribution in [-0.2, 0) is 4.74 Å². The van der Waals surface area contributed by atoms with E-state index in [1.54, 1.807) is 6.92 Å². The third kappa shape index (κ3) is 2.18. The molecule has 1 aromatic rings. The summed E-state index contributed by atoms with van der Waals surface area (Å²) >= 11 is 0. The monoisotopic (exact) mass is 213 g/mol. The summed E-state index contributed by atoms with van der Waals surface area (Å²) in [5.74, 6) is -1.25. The Morgan fingerprint density at radius 2 is 2.20 bits per heavy atom. The Kier molecular flexibility index (Phi) is 3.49. The van der Waals surface area contributed by atoms with E-state index in [9.17, 15) is 9.18 Å². The first-order valence-corrected chi connectivity index (χ1v) is 4.40. The average molecular weight is 213 g/mol. The van der Waals surface area contributed by atoms with Crippen LogP contribution in [0.15, 0.2) is 12.1 Å². The van der Waals surface area contributed by atoms with Crippen molar-refractivity contribution in [3.63, 3.8) is 0 Å². The van der Waals surface area contributed by atoms with Gasteiger partial charge < -0.3 is 15.2 Å². The van der Waals surface area contributed by atoms with Crippen LogP contribution in [0, 0.1) is 5.82 Å². The SMILES string of the molecule is CCOC(=O)c1c(F)ccc(OC)c1N. The first kappa shape index (κ1) is 11.3. The van der Waals surface area contributed by atoms with Crippen molar-refractivity contribution in [3.8, 4) is 5.75 Å². The number of carbonyl (C=O) groups is 1. The number of hydrogen-bond acceptors (Lipinski definition) is 4. The highest BCUT2D eigenvalue weighted by molar-refractivity contribution is 5.96. The third-order valence-corrected chi connectivity index (χ3v) is 1.85. The number of carbonyl (C=O) groups excluding carboxylic acids is 1. The predicted octanol–water partition coefficient (Wildman–Crippen LogP) is 1.59. The number of methoxy groups -OCH3 is 1. The normalized spacial score (nSPS) is 9.80. The molecule has 0 radical (unpaired) electrons. The molecule has 1 aromatic carbocycles. The molecule has 0 aliphatic carbocycles. The van der Waals surface area contributed by atoms with Gasteiger partial charge in [-0.1, -0.05) is 0 Å². The van der Waals surface area contributed by atoms with E-state index in [0.717, 1.165) is 6.07 Å². The van der Waals surface area contributed by atoms with E-state index in [2.05, 4.69) is 4.74 Å². The minimum Gasteiger partial charge on any atom is -0.495 e. The molecule has 0 spiro atoms. The molecule has 0 aromatic heterocycles. The van der Waals surface area contributed by atoms with E-state index >= 15 is 0 Å². The van der Waals surface area contributed by atoms with Crippen LogP contribution in [0.5, 0.6) is 5.75 Å². The van der Waals surface area contributed by atoms with Gasteiger partial charge in [-0.3, -0.25) is 0 Å². The summed E-state index contributed by atoms with van der Waals surface area (Å²) < 4.78 is 22.8. The van der Waals surface area contributed by atoms with E-state index in [4.69, 9.17) is 10.5 Å². The first-order chi connectivity index (χ1) is 7.11. The van der Waals surface area contributed by atoms with Gasteiger partial charge in [-0.2, -0.15) is 0 Å². The number of halogens is 1. The molecule has 2 N–H and O–H groups in total. The van der Waals surface area contributed by atoms with Crippen molar-refractivity contribution in [1.82, 2.24) is 0 Å². The summed E-state index contributed by atoms with van der Waals surface area (Å²) in [6, 6.07) is 2.47. The van der Waals surface area contributed by atoms with Crippen LogP contribution >= 0.6 is 0 Å². The quantitative estimate of drug-likeness (QED) is 0.611. The van der Waals surface area contributed by atoms with Crippen LogP contribution in [0.4, 0.5) is 10.1 Å². The molecule has 0 aliphatic heterocycles. The number of anilines is 1. The second-order valence-corrected chi connectivity index (χ2v) is 2.76. The zero-order chi connectivity index (χ0) is 11.4. The topological polar surface area (TPSA) is 61.5 Å². The number of nitrogen functional groups attached to an aromatic ring is 1. The molecule has 0 amide bonds. The molecule has 0 saturated heterocycles. The Labute approximate surface area is 86.8 Å². The molecule has 0 saturated carbocycles. The maximum Gasteiger partial charge on any atom is 0.343 e. The fourth-order valence-corrected chi connectivity index (χ4v) is 1.16. The van der Waals surface area contributed by atoms with Crippen molar-refractivity contribution in [2.75, 3.05) is 19.5 Å². The van der Waals surface area contributed by atoms with Gasteiger partial charge in [0.25, 0.3) is 0 Å². The summed E-state index contributed by atoms with van der Waals surface area (Å²) in [5.41, 5.74) is 5.23. The lowest BCUT2D eigenvalue weighted by molar-refractivity contribution is 0.0522. The summed E-state index contributed by atoms with van der Waals surface area (Å²) in [7, 11) is 1.39. The number of esters is 1. The highest BCUT2D eigenvalue weighted by Crippen LogP contribution is 2.27. The number of nitrogens with two attached hydrogens (primary N) is 1. The summed E-state index contributed by atoms with van der Waals surface area (Å²) in [5, 5.41) is 0. The first-order valence-electron chi connectivity index (χ1n) is 4.40. The van der Waals surface area contributed by atoms with Crippen molar-refractivity contribution in [2.24, 2.45) is 0 Å². The van der Waals surface area contributed by atoms with E-state index < -0.39 is 11.8 Å². The molecular formula is C10H12FNO3.